The second kappa shape index (κ2) is 9.75. The lowest BCUT2D eigenvalue weighted by Gasteiger charge is -2.12. The largest absolute Gasteiger partial charge is 0.492 e. The molecule has 31 heavy (non-hydrogen) atoms. The first kappa shape index (κ1) is 21.8. The highest BCUT2D eigenvalue weighted by Gasteiger charge is 2.15. The first-order valence-electron chi connectivity index (χ1n) is 10.0. The monoisotopic (exact) mass is 418 g/mol. The van der Waals surface area contributed by atoms with Gasteiger partial charge in [0.05, 0.1) is 18.5 Å². The molecule has 3 rings (SSSR count). The van der Waals surface area contributed by atoms with E-state index in [9.17, 15) is 9.59 Å². The number of hydrogen-bond acceptors (Lipinski definition) is 4. The van der Waals surface area contributed by atoms with Crippen LogP contribution in [0.5, 0.6) is 5.75 Å². The number of hydrazone groups is 1. The first-order chi connectivity index (χ1) is 14.9. The highest BCUT2D eigenvalue weighted by atomic mass is 16.5. The summed E-state index contributed by atoms with van der Waals surface area (Å²) in [5.74, 6) is -1.19. The minimum atomic E-state index is -0.865. The van der Waals surface area contributed by atoms with E-state index in [1.54, 1.807) is 24.3 Å². The van der Waals surface area contributed by atoms with Crippen LogP contribution in [-0.4, -0.2) is 29.2 Å². The third kappa shape index (κ3) is 5.01. The summed E-state index contributed by atoms with van der Waals surface area (Å²) >= 11 is 0. The molecule has 0 saturated carbocycles. The van der Waals surface area contributed by atoms with E-state index in [0.717, 1.165) is 28.2 Å². The Morgan fingerprint density at radius 3 is 2.48 bits per heavy atom. The quantitative estimate of drug-likeness (QED) is 0.362. The summed E-state index contributed by atoms with van der Waals surface area (Å²) < 4.78 is 7.58. The number of ether oxygens (including phenoxy) is 1. The molecule has 0 fully saturated rings. The lowest BCUT2D eigenvalue weighted by atomic mass is 10.2. The number of nitrogens with zero attached hydrogens (tertiary/aromatic N) is 2. The first-order valence-corrected chi connectivity index (χ1v) is 10.0. The van der Waals surface area contributed by atoms with Gasteiger partial charge in [0.2, 0.25) is 0 Å². The van der Waals surface area contributed by atoms with Crippen LogP contribution in [0.1, 0.15) is 29.4 Å². The Kier molecular flexibility index (Phi) is 6.87. The van der Waals surface area contributed by atoms with Crippen molar-refractivity contribution >= 4 is 23.7 Å². The molecule has 160 valence electrons. The SMILES string of the molecule is CCOc1ccccc1NC(=O)C(=O)N/N=C\c1cc(C)n(-c2ccccc2C)c1C. The summed E-state index contributed by atoms with van der Waals surface area (Å²) in [6.07, 6.45) is 1.54. The fourth-order valence-electron chi connectivity index (χ4n) is 3.34. The molecule has 1 heterocycles. The van der Waals surface area contributed by atoms with E-state index in [2.05, 4.69) is 39.5 Å². The van der Waals surface area contributed by atoms with Gasteiger partial charge in [-0.1, -0.05) is 30.3 Å². The Morgan fingerprint density at radius 1 is 1.03 bits per heavy atom. The van der Waals surface area contributed by atoms with E-state index >= 15 is 0 Å². The molecule has 0 aliphatic heterocycles. The van der Waals surface area contributed by atoms with Crippen LogP contribution in [0.2, 0.25) is 0 Å². The third-order valence-corrected chi connectivity index (χ3v) is 4.84. The second-order valence-electron chi connectivity index (χ2n) is 7.03. The molecule has 0 aliphatic carbocycles. The van der Waals surface area contributed by atoms with Gasteiger partial charge >= 0.3 is 11.8 Å². The zero-order valence-corrected chi connectivity index (χ0v) is 18.1. The zero-order chi connectivity index (χ0) is 22.4. The molecule has 3 aromatic rings. The number of anilines is 1. The minimum Gasteiger partial charge on any atom is -0.492 e. The van der Waals surface area contributed by atoms with E-state index in [1.165, 1.54) is 6.21 Å². The highest BCUT2D eigenvalue weighted by Crippen LogP contribution is 2.24. The Morgan fingerprint density at radius 2 is 1.74 bits per heavy atom. The Bertz CT molecular complexity index is 1130. The summed E-state index contributed by atoms with van der Waals surface area (Å²) in [4.78, 5) is 24.3. The lowest BCUT2D eigenvalue weighted by Crippen LogP contribution is -2.32. The molecule has 7 nitrogen and oxygen atoms in total. The van der Waals surface area contributed by atoms with Gasteiger partial charge in [0.1, 0.15) is 5.75 Å². The Hall–Kier alpha value is -3.87. The summed E-state index contributed by atoms with van der Waals surface area (Å²) in [7, 11) is 0. The molecule has 0 aliphatic rings. The maximum absolute atomic E-state index is 12.2. The fourth-order valence-corrected chi connectivity index (χ4v) is 3.34. The van der Waals surface area contributed by atoms with Crippen molar-refractivity contribution < 1.29 is 14.3 Å². The van der Waals surface area contributed by atoms with Gasteiger partial charge in [0.15, 0.2) is 0 Å². The molecular weight excluding hydrogens is 392 g/mol. The van der Waals surface area contributed by atoms with Gasteiger partial charge in [-0.2, -0.15) is 5.10 Å². The van der Waals surface area contributed by atoms with E-state index in [4.69, 9.17) is 4.74 Å². The Balaban J connectivity index is 1.68. The van der Waals surface area contributed by atoms with E-state index in [1.807, 2.05) is 39.0 Å². The van der Waals surface area contributed by atoms with Gasteiger partial charge in [-0.15, -0.1) is 0 Å². The number of rotatable bonds is 6. The number of nitrogens with one attached hydrogen (secondary N) is 2. The van der Waals surface area contributed by atoms with Gasteiger partial charge < -0.3 is 14.6 Å². The smallest absolute Gasteiger partial charge is 0.329 e. The van der Waals surface area contributed by atoms with Crippen molar-refractivity contribution in [2.45, 2.75) is 27.7 Å². The lowest BCUT2D eigenvalue weighted by molar-refractivity contribution is -0.136. The van der Waals surface area contributed by atoms with Crippen LogP contribution in [0.15, 0.2) is 59.7 Å². The standard InChI is InChI=1S/C24H26N4O3/c1-5-31-22-13-9-7-11-20(22)26-23(29)24(30)27-25-15-19-14-17(3)28(18(19)4)21-12-8-6-10-16(21)2/h6-15H,5H2,1-4H3,(H,26,29)(H,27,30)/b25-15-. The maximum Gasteiger partial charge on any atom is 0.329 e. The molecule has 0 atom stereocenters. The number of aromatic nitrogens is 1. The van der Waals surface area contributed by atoms with Crippen LogP contribution < -0.4 is 15.5 Å². The van der Waals surface area contributed by atoms with Crippen molar-refractivity contribution in [3.63, 3.8) is 0 Å². The molecule has 2 N–H and O–H groups in total. The summed E-state index contributed by atoms with van der Waals surface area (Å²) in [6.45, 7) is 8.35. The van der Waals surface area contributed by atoms with Gasteiger partial charge in [0.25, 0.3) is 0 Å². The molecule has 7 heteroatoms. The average Bonchev–Trinajstić information content (AvgIpc) is 3.03. The van der Waals surface area contributed by atoms with Crippen LogP contribution in [0, 0.1) is 20.8 Å². The molecule has 0 spiro atoms. The number of benzene rings is 2. The summed E-state index contributed by atoms with van der Waals surface area (Å²) in [6, 6.07) is 17.0. The van der Waals surface area contributed by atoms with Crippen molar-refractivity contribution in [1.82, 2.24) is 9.99 Å². The summed E-state index contributed by atoms with van der Waals surface area (Å²) in [5, 5.41) is 6.51. The van der Waals surface area contributed by atoms with Crippen molar-refractivity contribution in [2.24, 2.45) is 5.10 Å². The summed E-state index contributed by atoms with van der Waals surface area (Å²) in [5.41, 5.74) is 7.84. The minimum absolute atomic E-state index is 0.426. The molecule has 1 aromatic heterocycles. The van der Waals surface area contributed by atoms with Gasteiger partial charge in [-0.05, 0) is 57.5 Å². The normalized spacial score (nSPS) is 10.8. The van der Waals surface area contributed by atoms with Crippen LogP contribution in [0.4, 0.5) is 5.69 Å². The number of carbonyl (C=O) groups is 2. The van der Waals surface area contributed by atoms with Crippen LogP contribution >= 0.6 is 0 Å². The average molecular weight is 418 g/mol. The van der Waals surface area contributed by atoms with Crippen molar-refractivity contribution in [2.75, 3.05) is 11.9 Å². The van der Waals surface area contributed by atoms with Gasteiger partial charge in [0, 0.05) is 22.6 Å². The van der Waals surface area contributed by atoms with Crippen molar-refractivity contribution in [3.8, 4) is 11.4 Å². The molecule has 0 unspecified atom stereocenters. The van der Waals surface area contributed by atoms with Crippen LogP contribution in [0.3, 0.4) is 0 Å². The molecule has 2 aromatic carbocycles. The highest BCUT2D eigenvalue weighted by molar-refractivity contribution is 6.39. The predicted molar refractivity (Wildman–Crippen MR) is 122 cm³/mol. The number of amides is 2. The Labute approximate surface area is 181 Å². The molecule has 0 bridgehead atoms. The molecule has 0 saturated heterocycles. The van der Waals surface area contributed by atoms with E-state index in [0.29, 0.717) is 18.0 Å². The molecule has 0 radical (unpaired) electrons. The number of para-hydroxylation sites is 3. The van der Waals surface area contributed by atoms with Crippen LogP contribution in [0.25, 0.3) is 5.69 Å². The number of carbonyl (C=O) groups excluding carboxylic acids is 2. The number of hydrogen-bond donors (Lipinski definition) is 2. The van der Waals surface area contributed by atoms with E-state index in [-0.39, 0.29) is 0 Å². The van der Waals surface area contributed by atoms with Crippen molar-refractivity contribution in [3.05, 3.63) is 77.1 Å². The van der Waals surface area contributed by atoms with Crippen LogP contribution in [-0.2, 0) is 9.59 Å². The predicted octanol–water partition coefficient (Wildman–Crippen LogP) is 3.89. The third-order valence-electron chi connectivity index (χ3n) is 4.84. The van der Waals surface area contributed by atoms with Gasteiger partial charge in [-0.3, -0.25) is 9.59 Å². The van der Waals surface area contributed by atoms with Crippen molar-refractivity contribution in [1.29, 1.82) is 0 Å². The second-order valence-corrected chi connectivity index (χ2v) is 7.03. The van der Waals surface area contributed by atoms with E-state index < -0.39 is 11.8 Å². The molecular formula is C24H26N4O3. The number of aryl methyl sites for hydroxylation is 2. The maximum atomic E-state index is 12.2. The molecule has 2 amide bonds. The van der Waals surface area contributed by atoms with Gasteiger partial charge in [-0.25, -0.2) is 5.43 Å². The zero-order valence-electron chi connectivity index (χ0n) is 18.1. The fraction of sp³-hybridized carbons (Fsp3) is 0.208. The topological polar surface area (TPSA) is 84.7 Å².